The van der Waals surface area contributed by atoms with Crippen molar-refractivity contribution in [3.63, 3.8) is 0 Å². The molecule has 1 heterocycles. The van der Waals surface area contributed by atoms with Crippen LogP contribution in [0.1, 0.15) is 0 Å². The van der Waals surface area contributed by atoms with E-state index in [0.717, 1.165) is 6.20 Å². The zero-order valence-electron chi connectivity index (χ0n) is 7.47. The van der Waals surface area contributed by atoms with Crippen LogP contribution in [-0.4, -0.2) is 53.4 Å². The first-order valence-corrected chi connectivity index (χ1v) is 4.11. The molecule has 0 aromatic carbocycles. The summed E-state index contributed by atoms with van der Waals surface area (Å²) in [7, 11) is 0. The molecule has 0 amide bonds. The van der Waals surface area contributed by atoms with E-state index in [9.17, 15) is 9.59 Å². The molecule has 6 heteroatoms. The smallest absolute Gasteiger partial charge is 0.344 e. The fraction of sp³-hybridized carbons (Fsp3) is 0.500. The van der Waals surface area contributed by atoms with E-state index in [1.165, 1.54) is 0 Å². The molecule has 0 aliphatic carbocycles. The molecule has 1 rings (SSSR count). The summed E-state index contributed by atoms with van der Waals surface area (Å²) in [5.41, 5.74) is -0.619. The number of carboxylic acid groups (broad SMARTS) is 2. The first kappa shape index (κ1) is 10.5. The minimum absolute atomic E-state index is 0.489. The van der Waals surface area contributed by atoms with Crippen molar-refractivity contribution in [1.29, 1.82) is 0 Å². The van der Waals surface area contributed by atoms with E-state index in [-0.39, 0.29) is 0 Å². The normalized spacial score (nSPS) is 16.1. The third-order valence-electron chi connectivity index (χ3n) is 1.82. The zero-order chi connectivity index (χ0) is 10.6. The number of rotatable bonds is 3. The number of hydrogen-bond acceptors (Lipinski definition) is 4. The number of carbonyl (C=O) groups is 2. The van der Waals surface area contributed by atoms with Gasteiger partial charge in [0.25, 0.3) is 0 Å². The monoisotopic (exact) mass is 201 g/mol. The van der Waals surface area contributed by atoms with Crippen molar-refractivity contribution >= 4 is 11.9 Å². The second kappa shape index (κ2) is 4.61. The van der Waals surface area contributed by atoms with E-state index in [1.807, 2.05) is 0 Å². The van der Waals surface area contributed by atoms with Crippen molar-refractivity contribution in [2.24, 2.45) is 0 Å². The van der Waals surface area contributed by atoms with Crippen molar-refractivity contribution in [2.45, 2.75) is 0 Å². The molecular formula is C8H11NO5. The lowest BCUT2D eigenvalue weighted by Crippen LogP contribution is -2.33. The average Bonchev–Trinajstić information content (AvgIpc) is 2.15. The molecule has 1 fully saturated rings. The maximum atomic E-state index is 10.5. The van der Waals surface area contributed by atoms with Crippen LogP contribution in [0, 0.1) is 0 Å². The highest BCUT2D eigenvalue weighted by Crippen LogP contribution is 2.02. The molecule has 0 atom stereocenters. The van der Waals surface area contributed by atoms with Gasteiger partial charge >= 0.3 is 11.9 Å². The Labute approximate surface area is 80.4 Å². The molecule has 0 unspecified atom stereocenters. The van der Waals surface area contributed by atoms with Gasteiger partial charge in [-0.05, 0) is 0 Å². The Hall–Kier alpha value is -1.56. The molecule has 78 valence electrons. The topological polar surface area (TPSA) is 87.1 Å². The molecule has 1 aliphatic heterocycles. The van der Waals surface area contributed by atoms with Crippen LogP contribution in [0.2, 0.25) is 0 Å². The van der Waals surface area contributed by atoms with Gasteiger partial charge in [0.2, 0.25) is 0 Å². The Kier molecular flexibility index (Phi) is 3.47. The molecule has 1 aliphatic rings. The average molecular weight is 201 g/mol. The first-order chi connectivity index (χ1) is 6.61. The maximum absolute atomic E-state index is 10.5. The van der Waals surface area contributed by atoms with Gasteiger partial charge < -0.3 is 19.8 Å². The van der Waals surface area contributed by atoms with Crippen LogP contribution in [0.3, 0.4) is 0 Å². The van der Waals surface area contributed by atoms with Crippen LogP contribution < -0.4 is 0 Å². The molecule has 2 N–H and O–H groups in total. The van der Waals surface area contributed by atoms with Crippen LogP contribution in [0.4, 0.5) is 0 Å². The van der Waals surface area contributed by atoms with Crippen molar-refractivity contribution < 1.29 is 24.5 Å². The van der Waals surface area contributed by atoms with Gasteiger partial charge in [0, 0.05) is 19.3 Å². The Bertz CT molecular complexity index is 251. The van der Waals surface area contributed by atoms with Crippen LogP contribution in [-0.2, 0) is 14.3 Å². The van der Waals surface area contributed by atoms with Crippen LogP contribution in [0.5, 0.6) is 0 Å². The van der Waals surface area contributed by atoms with E-state index in [1.54, 1.807) is 4.90 Å². The summed E-state index contributed by atoms with van der Waals surface area (Å²) in [6, 6.07) is 0. The molecule has 0 spiro atoms. The van der Waals surface area contributed by atoms with E-state index in [4.69, 9.17) is 14.9 Å². The Balaban J connectivity index is 2.70. The molecule has 14 heavy (non-hydrogen) atoms. The fourth-order valence-electron chi connectivity index (χ4n) is 1.09. The fourth-order valence-corrected chi connectivity index (χ4v) is 1.09. The molecule has 0 radical (unpaired) electrons. The summed E-state index contributed by atoms with van der Waals surface area (Å²) in [6.07, 6.45) is 1.15. The van der Waals surface area contributed by atoms with Crippen molar-refractivity contribution in [3.8, 4) is 0 Å². The largest absolute Gasteiger partial charge is 0.477 e. The first-order valence-electron chi connectivity index (χ1n) is 4.11. The molecule has 0 bridgehead atoms. The summed E-state index contributed by atoms with van der Waals surface area (Å²) in [5, 5.41) is 17.1. The highest BCUT2D eigenvalue weighted by molar-refractivity contribution is 6.12. The SMILES string of the molecule is O=C(O)C(=CN1CCOCC1)C(=O)O. The lowest BCUT2D eigenvalue weighted by Gasteiger charge is -2.25. The number of hydrogen-bond donors (Lipinski definition) is 2. The second-order valence-corrected chi connectivity index (χ2v) is 2.80. The lowest BCUT2D eigenvalue weighted by atomic mass is 10.3. The zero-order valence-corrected chi connectivity index (χ0v) is 7.47. The third-order valence-corrected chi connectivity index (χ3v) is 1.82. The van der Waals surface area contributed by atoms with E-state index >= 15 is 0 Å². The van der Waals surface area contributed by atoms with E-state index in [0.29, 0.717) is 26.3 Å². The standard InChI is InChI=1S/C8H11NO5/c10-7(11)6(8(12)13)5-9-1-3-14-4-2-9/h5H,1-4H2,(H,10,11)(H,12,13). The molecule has 0 saturated carbocycles. The summed E-state index contributed by atoms with van der Waals surface area (Å²) in [5.74, 6) is -2.85. The Morgan fingerprint density at radius 2 is 1.64 bits per heavy atom. The highest BCUT2D eigenvalue weighted by atomic mass is 16.5. The second-order valence-electron chi connectivity index (χ2n) is 2.80. The number of carboxylic acids is 2. The van der Waals surface area contributed by atoms with E-state index in [2.05, 4.69) is 0 Å². The number of morpholine rings is 1. The molecule has 6 nitrogen and oxygen atoms in total. The number of nitrogens with zero attached hydrogens (tertiary/aromatic N) is 1. The minimum atomic E-state index is -1.43. The number of aliphatic carboxylic acids is 2. The van der Waals surface area contributed by atoms with Gasteiger partial charge in [-0.25, -0.2) is 9.59 Å². The van der Waals surface area contributed by atoms with Gasteiger partial charge in [0.05, 0.1) is 13.2 Å². The summed E-state index contributed by atoms with van der Waals surface area (Å²) < 4.78 is 5.04. The van der Waals surface area contributed by atoms with Crippen LogP contribution in [0.15, 0.2) is 11.8 Å². The molecular weight excluding hydrogens is 190 g/mol. The van der Waals surface area contributed by atoms with Crippen molar-refractivity contribution in [1.82, 2.24) is 4.90 Å². The van der Waals surface area contributed by atoms with Gasteiger partial charge in [-0.15, -0.1) is 0 Å². The third kappa shape index (κ3) is 2.74. The molecule has 0 aromatic heterocycles. The van der Waals surface area contributed by atoms with Crippen LogP contribution >= 0.6 is 0 Å². The van der Waals surface area contributed by atoms with Gasteiger partial charge in [-0.2, -0.15) is 0 Å². The Morgan fingerprint density at radius 1 is 1.14 bits per heavy atom. The van der Waals surface area contributed by atoms with E-state index < -0.39 is 17.5 Å². The predicted octanol–water partition coefficient (Wildman–Crippen LogP) is -0.628. The maximum Gasteiger partial charge on any atom is 0.344 e. The van der Waals surface area contributed by atoms with Gasteiger partial charge in [-0.1, -0.05) is 0 Å². The van der Waals surface area contributed by atoms with Crippen molar-refractivity contribution in [3.05, 3.63) is 11.8 Å². The molecule has 1 saturated heterocycles. The van der Waals surface area contributed by atoms with Gasteiger partial charge in [-0.3, -0.25) is 0 Å². The minimum Gasteiger partial charge on any atom is -0.477 e. The predicted molar refractivity (Wildman–Crippen MR) is 45.7 cm³/mol. The Morgan fingerprint density at radius 3 is 2.07 bits per heavy atom. The lowest BCUT2D eigenvalue weighted by molar-refractivity contribution is -0.140. The molecule has 0 aromatic rings. The van der Waals surface area contributed by atoms with Gasteiger partial charge in [0.15, 0.2) is 5.57 Å². The van der Waals surface area contributed by atoms with Gasteiger partial charge in [0.1, 0.15) is 0 Å². The van der Waals surface area contributed by atoms with Crippen LogP contribution in [0.25, 0.3) is 0 Å². The van der Waals surface area contributed by atoms with Crippen molar-refractivity contribution in [2.75, 3.05) is 26.3 Å². The number of ether oxygens (including phenoxy) is 1. The summed E-state index contributed by atoms with van der Waals surface area (Å²) in [4.78, 5) is 22.6. The quantitative estimate of drug-likeness (QED) is 0.359. The summed E-state index contributed by atoms with van der Waals surface area (Å²) in [6.45, 7) is 2.01. The summed E-state index contributed by atoms with van der Waals surface area (Å²) >= 11 is 0. The highest BCUT2D eigenvalue weighted by Gasteiger charge is 2.18.